The van der Waals surface area contributed by atoms with E-state index in [2.05, 4.69) is 44.8 Å². The third kappa shape index (κ3) is 3.49. The third-order valence-corrected chi connectivity index (χ3v) is 4.59. The molecular formula is C13H20O2Si. The zero-order valence-corrected chi connectivity index (χ0v) is 11.8. The molecule has 3 heteroatoms. The molecule has 0 fully saturated rings. The summed E-state index contributed by atoms with van der Waals surface area (Å²) in [5.74, 6) is -0.220. The van der Waals surface area contributed by atoms with E-state index in [4.69, 9.17) is 4.74 Å². The van der Waals surface area contributed by atoms with Gasteiger partial charge in [0.05, 0.1) is 8.07 Å². The average Bonchev–Trinajstić information content (AvgIpc) is 2.14. The molecule has 1 aromatic rings. The SMILES string of the molecule is CC(=O)OCc1ccc(C)cc1[Si](C)(C)C. The fraction of sp³-hybridized carbons (Fsp3) is 0.462. The molecule has 2 nitrogen and oxygen atoms in total. The van der Waals surface area contributed by atoms with Gasteiger partial charge in [-0.2, -0.15) is 0 Å². The third-order valence-electron chi connectivity index (χ3n) is 2.50. The van der Waals surface area contributed by atoms with E-state index in [1.54, 1.807) is 0 Å². The topological polar surface area (TPSA) is 26.3 Å². The van der Waals surface area contributed by atoms with Crippen LogP contribution in [0.15, 0.2) is 18.2 Å². The highest BCUT2D eigenvalue weighted by Crippen LogP contribution is 2.10. The molecule has 0 aliphatic heterocycles. The highest BCUT2D eigenvalue weighted by Gasteiger charge is 2.20. The fourth-order valence-electron chi connectivity index (χ4n) is 1.69. The standard InChI is InChI=1S/C13H20O2Si/c1-10-6-7-12(9-15-11(2)14)13(8-10)16(3,4)5/h6-8H,9H2,1-5H3. The number of hydrogen-bond donors (Lipinski definition) is 0. The first-order chi connectivity index (χ1) is 7.30. The van der Waals surface area contributed by atoms with Gasteiger partial charge in [-0.25, -0.2) is 0 Å². The van der Waals surface area contributed by atoms with Crippen molar-refractivity contribution in [3.05, 3.63) is 29.3 Å². The normalized spacial score (nSPS) is 11.3. The maximum absolute atomic E-state index is 10.8. The first-order valence-electron chi connectivity index (χ1n) is 5.54. The van der Waals surface area contributed by atoms with Gasteiger partial charge in [0.15, 0.2) is 0 Å². The minimum absolute atomic E-state index is 0.220. The Labute approximate surface area is 98.6 Å². The molecule has 0 saturated heterocycles. The van der Waals surface area contributed by atoms with Crippen molar-refractivity contribution in [1.29, 1.82) is 0 Å². The number of hydrogen-bond acceptors (Lipinski definition) is 2. The van der Waals surface area contributed by atoms with Crippen LogP contribution in [0.2, 0.25) is 19.6 Å². The minimum Gasteiger partial charge on any atom is -0.461 e. The lowest BCUT2D eigenvalue weighted by Crippen LogP contribution is -2.40. The Morgan fingerprint density at radius 1 is 1.31 bits per heavy atom. The van der Waals surface area contributed by atoms with Gasteiger partial charge in [-0.1, -0.05) is 48.6 Å². The Balaban J connectivity index is 3.03. The Morgan fingerprint density at radius 3 is 2.44 bits per heavy atom. The van der Waals surface area contributed by atoms with Crippen LogP contribution in [0, 0.1) is 6.92 Å². The lowest BCUT2D eigenvalue weighted by Gasteiger charge is -2.21. The molecule has 0 aliphatic rings. The van der Waals surface area contributed by atoms with E-state index in [0.29, 0.717) is 6.61 Å². The van der Waals surface area contributed by atoms with Crippen LogP contribution in [0.25, 0.3) is 0 Å². The molecular weight excluding hydrogens is 216 g/mol. The summed E-state index contributed by atoms with van der Waals surface area (Å²) in [7, 11) is -1.37. The molecule has 0 saturated carbocycles. The summed E-state index contributed by atoms with van der Waals surface area (Å²) < 4.78 is 5.09. The van der Waals surface area contributed by atoms with E-state index in [1.807, 2.05) is 0 Å². The fourth-order valence-corrected chi connectivity index (χ4v) is 3.47. The van der Waals surface area contributed by atoms with Crippen LogP contribution in [0.5, 0.6) is 0 Å². The molecule has 0 unspecified atom stereocenters. The van der Waals surface area contributed by atoms with E-state index in [9.17, 15) is 4.79 Å². The van der Waals surface area contributed by atoms with Crippen LogP contribution in [0.3, 0.4) is 0 Å². The van der Waals surface area contributed by atoms with Crippen molar-refractivity contribution < 1.29 is 9.53 Å². The van der Waals surface area contributed by atoms with Crippen LogP contribution in [-0.4, -0.2) is 14.0 Å². The van der Waals surface area contributed by atoms with Gasteiger partial charge >= 0.3 is 5.97 Å². The largest absolute Gasteiger partial charge is 0.461 e. The van der Waals surface area contributed by atoms with Crippen molar-refractivity contribution in [3.63, 3.8) is 0 Å². The minimum atomic E-state index is -1.37. The van der Waals surface area contributed by atoms with Crippen molar-refractivity contribution in [3.8, 4) is 0 Å². The van der Waals surface area contributed by atoms with Crippen LogP contribution < -0.4 is 5.19 Å². The molecule has 0 heterocycles. The molecule has 0 amide bonds. The molecule has 1 aromatic carbocycles. The Hall–Kier alpha value is -1.09. The van der Waals surface area contributed by atoms with Crippen LogP contribution in [-0.2, 0) is 16.1 Å². The number of rotatable bonds is 3. The molecule has 88 valence electrons. The smallest absolute Gasteiger partial charge is 0.302 e. The maximum atomic E-state index is 10.8. The quantitative estimate of drug-likeness (QED) is 0.595. The zero-order chi connectivity index (χ0) is 12.3. The molecule has 0 radical (unpaired) electrons. The zero-order valence-electron chi connectivity index (χ0n) is 10.8. The van der Waals surface area contributed by atoms with Crippen molar-refractivity contribution in [2.45, 2.75) is 40.1 Å². The van der Waals surface area contributed by atoms with Crippen LogP contribution in [0.4, 0.5) is 0 Å². The van der Waals surface area contributed by atoms with Gasteiger partial charge in [-0.3, -0.25) is 4.79 Å². The van der Waals surface area contributed by atoms with Crippen molar-refractivity contribution in [2.24, 2.45) is 0 Å². The monoisotopic (exact) mass is 236 g/mol. The molecule has 0 aliphatic carbocycles. The van der Waals surface area contributed by atoms with Gasteiger partial charge < -0.3 is 4.74 Å². The molecule has 1 rings (SSSR count). The van der Waals surface area contributed by atoms with Gasteiger partial charge in [-0.15, -0.1) is 0 Å². The summed E-state index contributed by atoms with van der Waals surface area (Å²) in [4.78, 5) is 10.8. The van der Waals surface area contributed by atoms with Crippen molar-refractivity contribution in [1.82, 2.24) is 0 Å². The Kier molecular flexibility index (Phi) is 3.91. The summed E-state index contributed by atoms with van der Waals surface area (Å²) in [6.45, 7) is 10.9. The number of esters is 1. The predicted molar refractivity (Wildman–Crippen MR) is 69.6 cm³/mol. The number of benzene rings is 1. The molecule has 0 N–H and O–H groups in total. The van der Waals surface area contributed by atoms with Gasteiger partial charge in [0.25, 0.3) is 0 Å². The Morgan fingerprint density at radius 2 is 1.94 bits per heavy atom. The molecule has 0 aromatic heterocycles. The first-order valence-corrected chi connectivity index (χ1v) is 9.04. The molecule has 0 atom stereocenters. The van der Waals surface area contributed by atoms with Gasteiger partial charge in [0.2, 0.25) is 0 Å². The molecule has 16 heavy (non-hydrogen) atoms. The summed E-state index contributed by atoms with van der Waals surface area (Å²) >= 11 is 0. The van der Waals surface area contributed by atoms with E-state index in [1.165, 1.54) is 17.7 Å². The average molecular weight is 236 g/mol. The number of aryl methyl sites for hydroxylation is 1. The number of ether oxygens (including phenoxy) is 1. The second kappa shape index (κ2) is 4.83. The molecule has 0 spiro atoms. The first kappa shape index (κ1) is 13.0. The van der Waals surface area contributed by atoms with Crippen molar-refractivity contribution >= 4 is 19.2 Å². The predicted octanol–water partition coefficient (Wildman–Crippen LogP) is 2.60. The van der Waals surface area contributed by atoms with Crippen LogP contribution >= 0.6 is 0 Å². The second-order valence-electron chi connectivity index (χ2n) is 5.19. The maximum Gasteiger partial charge on any atom is 0.302 e. The van der Waals surface area contributed by atoms with E-state index < -0.39 is 8.07 Å². The van der Waals surface area contributed by atoms with E-state index in [0.717, 1.165) is 5.56 Å². The summed E-state index contributed by atoms with van der Waals surface area (Å²) in [6.07, 6.45) is 0. The van der Waals surface area contributed by atoms with E-state index >= 15 is 0 Å². The lowest BCUT2D eigenvalue weighted by atomic mass is 10.1. The molecule has 0 bridgehead atoms. The van der Waals surface area contributed by atoms with Crippen LogP contribution in [0.1, 0.15) is 18.1 Å². The van der Waals surface area contributed by atoms with Crippen molar-refractivity contribution in [2.75, 3.05) is 0 Å². The number of carbonyl (C=O) groups is 1. The van der Waals surface area contributed by atoms with Gasteiger partial charge in [-0.05, 0) is 12.5 Å². The Bertz CT molecular complexity index is 391. The lowest BCUT2D eigenvalue weighted by molar-refractivity contribution is -0.142. The van der Waals surface area contributed by atoms with Gasteiger partial charge in [0.1, 0.15) is 6.61 Å². The summed E-state index contributed by atoms with van der Waals surface area (Å²) in [5.41, 5.74) is 2.42. The highest BCUT2D eigenvalue weighted by molar-refractivity contribution is 6.89. The number of carbonyl (C=O) groups excluding carboxylic acids is 1. The second-order valence-corrected chi connectivity index (χ2v) is 10.2. The summed E-state index contributed by atoms with van der Waals surface area (Å²) in [5, 5.41) is 1.38. The summed E-state index contributed by atoms with van der Waals surface area (Å²) in [6, 6.07) is 6.37. The van der Waals surface area contributed by atoms with E-state index in [-0.39, 0.29) is 5.97 Å². The van der Waals surface area contributed by atoms with Gasteiger partial charge in [0, 0.05) is 6.92 Å². The highest BCUT2D eigenvalue weighted by atomic mass is 28.3.